The topological polar surface area (TPSA) is 97.7 Å². The number of nitrogens with one attached hydrogen (secondary N) is 2. The number of fused-ring (bicyclic) bond motifs is 1. The van der Waals surface area contributed by atoms with Gasteiger partial charge in [0.2, 0.25) is 0 Å². The highest BCUT2D eigenvalue weighted by Gasteiger charge is 2.24. The van der Waals surface area contributed by atoms with Crippen molar-refractivity contribution in [2.45, 2.75) is 38.6 Å². The second kappa shape index (κ2) is 8.61. The average molecular weight is 431 g/mol. The van der Waals surface area contributed by atoms with E-state index in [2.05, 4.69) is 10.4 Å². The van der Waals surface area contributed by atoms with Crippen LogP contribution in [0.15, 0.2) is 29.1 Å². The summed E-state index contributed by atoms with van der Waals surface area (Å²) in [5.41, 5.74) is 1.93. The minimum Gasteiger partial charge on any atom is -0.487 e. The molecule has 1 fully saturated rings. The van der Waals surface area contributed by atoms with E-state index >= 15 is 0 Å². The Balaban J connectivity index is 1.63. The van der Waals surface area contributed by atoms with Crippen LogP contribution in [0.2, 0.25) is 0 Å². The van der Waals surface area contributed by atoms with Crippen molar-refractivity contribution in [3.8, 4) is 5.06 Å². The summed E-state index contributed by atoms with van der Waals surface area (Å²) >= 11 is 1.28. The summed E-state index contributed by atoms with van der Waals surface area (Å²) in [5.74, 6) is 0.178. The minimum atomic E-state index is -0.385. The average Bonchev–Trinajstić information content (AvgIpc) is 3.39. The lowest BCUT2D eigenvalue weighted by Gasteiger charge is -2.21. The van der Waals surface area contributed by atoms with E-state index in [1.54, 1.807) is 19.2 Å². The summed E-state index contributed by atoms with van der Waals surface area (Å²) in [6.45, 7) is 5.44. The van der Waals surface area contributed by atoms with E-state index < -0.39 is 0 Å². The molecule has 1 amide bonds. The number of nitrogens with zero attached hydrogens (tertiary/aromatic N) is 2. The molecule has 160 valence electrons. The van der Waals surface area contributed by atoms with Crippen LogP contribution in [0.1, 0.15) is 59.7 Å². The number of carbonyl (C=O) groups excluding carboxylic acids is 1. The summed E-state index contributed by atoms with van der Waals surface area (Å²) < 4.78 is 12.1. The number of ether oxygens (including phenoxy) is 2. The Bertz CT molecular complexity index is 1090. The number of rotatable bonds is 6. The van der Waals surface area contributed by atoms with Crippen molar-refractivity contribution in [1.29, 1.82) is 0 Å². The summed E-state index contributed by atoms with van der Waals surface area (Å²) in [7, 11) is 1.57. The molecule has 8 nitrogen and oxygen atoms in total. The van der Waals surface area contributed by atoms with Gasteiger partial charge in [-0.1, -0.05) is 25.2 Å². The molecule has 1 aliphatic heterocycles. The molecule has 2 N–H and O–H groups in total. The monoisotopic (exact) mass is 430 g/mol. The predicted octanol–water partition coefficient (Wildman–Crippen LogP) is 3.11. The summed E-state index contributed by atoms with van der Waals surface area (Å²) in [6.07, 6.45) is 1.84. The Kier molecular flexibility index (Phi) is 5.92. The Morgan fingerprint density at radius 1 is 1.33 bits per heavy atom. The van der Waals surface area contributed by atoms with E-state index in [1.807, 2.05) is 19.9 Å². The molecule has 3 aromatic heterocycles. The third kappa shape index (κ3) is 4.13. The van der Waals surface area contributed by atoms with Crippen molar-refractivity contribution in [1.82, 2.24) is 19.9 Å². The maximum atomic E-state index is 12.8. The predicted molar refractivity (Wildman–Crippen MR) is 115 cm³/mol. The fourth-order valence-electron chi connectivity index (χ4n) is 3.75. The zero-order valence-electron chi connectivity index (χ0n) is 17.3. The van der Waals surface area contributed by atoms with Crippen LogP contribution in [0.4, 0.5) is 0 Å². The number of amides is 1. The number of hydrogen-bond acceptors (Lipinski definition) is 6. The summed E-state index contributed by atoms with van der Waals surface area (Å²) in [4.78, 5) is 30.8. The van der Waals surface area contributed by atoms with Crippen molar-refractivity contribution in [2.24, 2.45) is 5.92 Å². The normalized spacial score (nSPS) is 16.1. The minimum absolute atomic E-state index is 0.0547. The van der Waals surface area contributed by atoms with Crippen molar-refractivity contribution >= 4 is 22.9 Å². The molecule has 0 aromatic carbocycles. The molecule has 0 bridgehead atoms. The highest BCUT2D eigenvalue weighted by atomic mass is 32.1. The van der Waals surface area contributed by atoms with Gasteiger partial charge in [-0.05, 0) is 30.9 Å². The van der Waals surface area contributed by atoms with Gasteiger partial charge in [-0.25, -0.2) is 9.50 Å². The third-order valence-corrected chi connectivity index (χ3v) is 6.47. The Hall–Kier alpha value is -2.65. The van der Waals surface area contributed by atoms with Crippen molar-refractivity contribution in [3.63, 3.8) is 0 Å². The largest absolute Gasteiger partial charge is 0.487 e. The quantitative estimate of drug-likeness (QED) is 0.626. The van der Waals surface area contributed by atoms with E-state index in [0.717, 1.165) is 31.7 Å². The number of hydrogen-bond donors (Lipinski definition) is 2. The van der Waals surface area contributed by atoms with Crippen LogP contribution in [-0.4, -0.2) is 40.8 Å². The van der Waals surface area contributed by atoms with Crippen LogP contribution in [-0.2, 0) is 4.74 Å². The van der Waals surface area contributed by atoms with Crippen LogP contribution in [0.5, 0.6) is 5.06 Å². The number of H-pyrrole nitrogens is 1. The molecule has 1 saturated heterocycles. The smallest absolute Gasteiger partial charge is 0.272 e. The molecule has 30 heavy (non-hydrogen) atoms. The first-order valence-corrected chi connectivity index (χ1v) is 10.9. The first kappa shape index (κ1) is 20.6. The lowest BCUT2D eigenvalue weighted by molar-refractivity contribution is 0.0844. The first-order chi connectivity index (χ1) is 14.5. The van der Waals surface area contributed by atoms with E-state index in [9.17, 15) is 9.59 Å². The zero-order chi connectivity index (χ0) is 21.3. The van der Waals surface area contributed by atoms with Crippen LogP contribution in [0, 0.1) is 5.92 Å². The molecule has 4 heterocycles. The van der Waals surface area contributed by atoms with Gasteiger partial charge < -0.3 is 14.8 Å². The Labute approximate surface area is 178 Å². The molecule has 0 saturated carbocycles. The van der Waals surface area contributed by atoms with Crippen LogP contribution >= 0.6 is 11.3 Å². The molecule has 0 aliphatic carbocycles. The van der Waals surface area contributed by atoms with Crippen molar-refractivity contribution < 1.29 is 14.3 Å². The number of methoxy groups -OCH3 is 1. The van der Waals surface area contributed by atoms with Crippen molar-refractivity contribution in [2.75, 3.05) is 20.3 Å². The molecular weight excluding hydrogens is 404 g/mol. The fraction of sp³-hybridized carbons (Fsp3) is 0.476. The molecule has 0 unspecified atom stereocenters. The Morgan fingerprint density at radius 3 is 2.77 bits per heavy atom. The van der Waals surface area contributed by atoms with Gasteiger partial charge in [0.05, 0.1) is 23.7 Å². The first-order valence-electron chi connectivity index (χ1n) is 10.1. The van der Waals surface area contributed by atoms with E-state index in [1.165, 1.54) is 21.9 Å². The lowest BCUT2D eigenvalue weighted by Crippen LogP contribution is -2.33. The van der Waals surface area contributed by atoms with Gasteiger partial charge in [-0.2, -0.15) is 0 Å². The molecule has 1 atom stereocenters. The van der Waals surface area contributed by atoms with Crippen molar-refractivity contribution in [3.05, 3.63) is 50.9 Å². The molecule has 0 spiro atoms. The van der Waals surface area contributed by atoms with Gasteiger partial charge >= 0.3 is 0 Å². The maximum absolute atomic E-state index is 12.8. The molecule has 9 heteroatoms. The van der Waals surface area contributed by atoms with Crippen LogP contribution < -0.4 is 15.6 Å². The summed E-state index contributed by atoms with van der Waals surface area (Å²) in [5, 5.41) is 6.89. The number of carbonyl (C=O) groups is 1. The molecule has 1 aliphatic rings. The second-order valence-electron chi connectivity index (χ2n) is 7.83. The van der Waals surface area contributed by atoms with Gasteiger partial charge in [0.15, 0.2) is 10.7 Å². The Morgan fingerprint density at radius 2 is 2.10 bits per heavy atom. The number of thiophene rings is 1. The zero-order valence-corrected chi connectivity index (χ0v) is 18.1. The van der Waals surface area contributed by atoms with Gasteiger partial charge in [-0.15, -0.1) is 0 Å². The van der Waals surface area contributed by atoms with E-state index in [4.69, 9.17) is 14.5 Å². The maximum Gasteiger partial charge on any atom is 0.272 e. The molecular formula is C21H26N4O4S. The number of aromatic nitrogens is 3. The molecule has 4 rings (SSSR count). The second-order valence-corrected chi connectivity index (χ2v) is 8.88. The lowest BCUT2D eigenvalue weighted by atomic mass is 9.97. The summed E-state index contributed by atoms with van der Waals surface area (Å²) in [6, 6.07) is 6.54. The molecule has 0 radical (unpaired) electrons. The van der Waals surface area contributed by atoms with Gasteiger partial charge in [0.1, 0.15) is 0 Å². The highest BCUT2D eigenvalue weighted by Crippen LogP contribution is 2.28. The van der Waals surface area contributed by atoms with Gasteiger partial charge in [0, 0.05) is 37.0 Å². The highest BCUT2D eigenvalue weighted by molar-refractivity contribution is 7.15. The number of aromatic amines is 1. The fourth-order valence-corrected chi connectivity index (χ4v) is 4.48. The SMILES string of the molecule is COc1ccc(C(=O)N[C@@H](c2cc(=O)n3[nH]c(C4CCOCC4)cc3n2)C(C)C)s1. The molecule has 3 aromatic rings. The standard InChI is InChI=1S/C21H26N4O4S/c1-12(2)20(23-21(27)16-4-5-19(28-3)30-16)15-11-18(26)25-17(22-15)10-14(24-25)13-6-8-29-9-7-13/h4-5,10-13,20,24H,6-9H2,1-3H3,(H,23,27)/t20-/m1/s1. The third-order valence-electron chi connectivity index (χ3n) is 5.43. The van der Waals surface area contributed by atoms with E-state index in [0.29, 0.717) is 27.2 Å². The van der Waals surface area contributed by atoms with E-state index in [-0.39, 0.29) is 23.4 Å². The van der Waals surface area contributed by atoms with Gasteiger partial charge in [-0.3, -0.25) is 14.7 Å². The van der Waals surface area contributed by atoms with Crippen LogP contribution in [0.25, 0.3) is 5.65 Å². The van der Waals surface area contributed by atoms with Gasteiger partial charge in [0.25, 0.3) is 11.5 Å². The van der Waals surface area contributed by atoms with Crippen LogP contribution in [0.3, 0.4) is 0 Å².